The Bertz CT molecular complexity index is 599. The number of hydrogen-bond acceptors (Lipinski definition) is 2. The van der Waals surface area contributed by atoms with Crippen molar-refractivity contribution < 1.29 is 22.8 Å². The van der Waals surface area contributed by atoms with Crippen molar-refractivity contribution >= 4 is 29.2 Å². The zero-order valence-corrected chi connectivity index (χ0v) is 11.3. The van der Waals surface area contributed by atoms with Crippen molar-refractivity contribution in [3.05, 3.63) is 28.8 Å². The number of urea groups is 1. The van der Waals surface area contributed by atoms with Crippen molar-refractivity contribution in [2.75, 3.05) is 4.90 Å². The van der Waals surface area contributed by atoms with Crippen LogP contribution in [-0.2, 0) is 11.0 Å². The molecule has 0 aromatic heterocycles. The molecular weight excluding hydrogens is 297 g/mol. The largest absolute Gasteiger partial charge is 0.417 e. The van der Waals surface area contributed by atoms with E-state index in [1.807, 2.05) is 0 Å². The Labute approximate surface area is 117 Å². The van der Waals surface area contributed by atoms with Crippen molar-refractivity contribution in [1.82, 2.24) is 5.32 Å². The molecule has 1 aromatic carbocycles. The number of amides is 3. The number of halogens is 4. The Morgan fingerprint density at radius 2 is 1.85 bits per heavy atom. The maximum absolute atomic E-state index is 12.8. The third-order valence-corrected chi connectivity index (χ3v) is 3.20. The van der Waals surface area contributed by atoms with E-state index in [4.69, 9.17) is 11.6 Å². The number of hydrogen-bond donors (Lipinski definition) is 1. The van der Waals surface area contributed by atoms with Crippen molar-refractivity contribution in [3.8, 4) is 0 Å². The molecule has 8 heteroatoms. The standard InChI is InChI=1S/C12H10ClF3N2O2/c1-11(2)9(19)18(10(20)17-11)6-3-4-8(13)7(5-6)12(14,15)16/h3-5H,1-2H3,(H,17,20). The first-order chi connectivity index (χ1) is 9.04. The lowest BCUT2D eigenvalue weighted by molar-refractivity contribution is -0.137. The van der Waals surface area contributed by atoms with Crippen LogP contribution in [0.4, 0.5) is 23.7 Å². The fourth-order valence-corrected chi connectivity index (χ4v) is 2.08. The Hall–Kier alpha value is -1.76. The van der Waals surface area contributed by atoms with Gasteiger partial charge in [-0.25, -0.2) is 9.69 Å². The van der Waals surface area contributed by atoms with Gasteiger partial charge in [0, 0.05) is 0 Å². The normalized spacial score (nSPS) is 18.4. The average Bonchev–Trinajstić information content (AvgIpc) is 2.48. The van der Waals surface area contributed by atoms with Crippen molar-refractivity contribution in [1.29, 1.82) is 0 Å². The molecule has 1 saturated heterocycles. The van der Waals surface area contributed by atoms with Gasteiger partial charge < -0.3 is 5.32 Å². The SMILES string of the molecule is CC1(C)NC(=O)N(c2ccc(Cl)c(C(F)(F)F)c2)C1=O. The Balaban J connectivity index is 2.50. The molecule has 0 aliphatic carbocycles. The van der Waals surface area contributed by atoms with Gasteiger partial charge in [-0.15, -0.1) is 0 Å². The van der Waals surface area contributed by atoms with Gasteiger partial charge in [0.15, 0.2) is 0 Å². The number of carbonyl (C=O) groups is 2. The van der Waals surface area contributed by atoms with Gasteiger partial charge in [0.05, 0.1) is 16.3 Å². The lowest BCUT2D eigenvalue weighted by Crippen LogP contribution is -2.40. The molecule has 1 aromatic rings. The van der Waals surface area contributed by atoms with E-state index in [0.717, 1.165) is 6.07 Å². The van der Waals surface area contributed by atoms with Gasteiger partial charge >= 0.3 is 12.2 Å². The highest BCUT2D eigenvalue weighted by Gasteiger charge is 2.45. The number of carbonyl (C=O) groups excluding carboxylic acids is 2. The van der Waals surface area contributed by atoms with Gasteiger partial charge in [-0.1, -0.05) is 11.6 Å². The summed E-state index contributed by atoms with van der Waals surface area (Å²) in [5.41, 5.74) is -2.42. The topological polar surface area (TPSA) is 49.4 Å². The molecule has 3 amide bonds. The summed E-state index contributed by atoms with van der Waals surface area (Å²) < 4.78 is 38.3. The molecule has 20 heavy (non-hydrogen) atoms. The molecule has 1 fully saturated rings. The Kier molecular flexibility index (Phi) is 3.20. The molecule has 1 aliphatic heterocycles. The monoisotopic (exact) mass is 306 g/mol. The molecule has 0 radical (unpaired) electrons. The van der Waals surface area contributed by atoms with E-state index in [9.17, 15) is 22.8 Å². The van der Waals surface area contributed by atoms with Crippen LogP contribution in [-0.4, -0.2) is 17.5 Å². The number of nitrogens with one attached hydrogen (secondary N) is 1. The van der Waals surface area contributed by atoms with Crippen LogP contribution in [0.25, 0.3) is 0 Å². The summed E-state index contributed by atoms with van der Waals surface area (Å²) in [5.74, 6) is -0.627. The average molecular weight is 307 g/mol. The second-order valence-electron chi connectivity index (χ2n) is 4.86. The number of benzene rings is 1. The predicted molar refractivity (Wildman–Crippen MR) is 66.6 cm³/mol. The zero-order chi connectivity index (χ0) is 15.3. The summed E-state index contributed by atoms with van der Waals surface area (Å²) in [5, 5.41) is 1.89. The molecule has 4 nitrogen and oxygen atoms in total. The molecule has 0 saturated carbocycles. The number of rotatable bonds is 1. The van der Waals surface area contributed by atoms with Crippen LogP contribution in [0.15, 0.2) is 18.2 Å². The van der Waals surface area contributed by atoms with Crippen LogP contribution in [0.5, 0.6) is 0 Å². The fourth-order valence-electron chi connectivity index (χ4n) is 1.85. The fraction of sp³-hybridized carbons (Fsp3) is 0.333. The molecule has 2 rings (SSSR count). The minimum Gasteiger partial charge on any atom is -0.323 e. The van der Waals surface area contributed by atoms with Crippen LogP contribution >= 0.6 is 11.6 Å². The molecule has 1 aliphatic rings. The van der Waals surface area contributed by atoms with E-state index in [-0.39, 0.29) is 5.69 Å². The maximum atomic E-state index is 12.8. The van der Waals surface area contributed by atoms with Crippen LogP contribution in [0.2, 0.25) is 5.02 Å². The van der Waals surface area contributed by atoms with Crippen molar-refractivity contribution in [2.45, 2.75) is 25.6 Å². The number of nitrogens with zero attached hydrogens (tertiary/aromatic N) is 1. The first kappa shape index (κ1) is 14.6. The van der Waals surface area contributed by atoms with Crippen LogP contribution in [0.3, 0.4) is 0 Å². The first-order valence-electron chi connectivity index (χ1n) is 5.57. The molecule has 1 N–H and O–H groups in total. The van der Waals surface area contributed by atoms with Crippen molar-refractivity contribution in [2.24, 2.45) is 0 Å². The van der Waals surface area contributed by atoms with Gasteiger partial charge in [-0.2, -0.15) is 13.2 Å². The second kappa shape index (κ2) is 4.37. The number of alkyl halides is 3. The molecule has 0 spiro atoms. The molecule has 0 unspecified atom stereocenters. The lowest BCUT2D eigenvalue weighted by atomic mass is 10.1. The number of anilines is 1. The van der Waals surface area contributed by atoms with E-state index in [1.165, 1.54) is 19.9 Å². The summed E-state index contributed by atoms with van der Waals surface area (Å²) in [6, 6.07) is 2.11. The number of imide groups is 1. The first-order valence-corrected chi connectivity index (χ1v) is 5.95. The minimum atomic E-state index is -4.66. The highest BCUT2D eigenvalue weighted by Crippen LogP contribution is 2.37. The predicted octanol–water partition coefficient (Wildman–Crippen LogP) is 3.19. The molecule has 108 valence electrons. The highest BCUT2D eigenvalue weighted by atomic mass is 35.5. The summed E-state index contributed by atoms with van der Waals surface area (Å²) >= 11 is 5.49. The maximum Gasteiger partial charge on any atom is 0.417 e. The minimum absolute atomic E-state index is 0.171. The summed E-state index contributed by atoms with van der Waals surface area (Å²) in [6.45, 7) is 2.93. The molecule has 1 heterocycles. The summed E-state index contributed by atoms with van der Waals surface area (Å²) in [7, 11) is 0. The Morgan fingerprint density at radius 3 is 2.30 bits per heavy atom. The van der Waals surface area contributed by atoms with E-state index in [1.54, 1.807) is 0 Å². The highest BCUT2D eigenvalue weighted by molar-refractivity contribution is 6.31. The molecule has 0 bridgehead atoms. The van der Waals surface area contributed by atoms with Gasteiger partial charge in [-0.05, 0) is 32.0 Å². The molecule has 0 atom stereocenters. The summed E-state index contributed by atoms with van der Waals surface area (Å²) in [4.78, 5) is 24.4. The van der Waals surface area contributed by atoms with Crippen LogP contribution in [0.1, 0.15) is 19.4 Å². The Morgan fingerprint density at radius 1 is 1.25 bits per heavy atom. The third-order valence-electron chi connectivity index (χ3n) is 2.87. The smallest absolute Gasteiger partial charge is 0.323 e. The van der Waals surface area contributed by atoms with Gasteiger partial charge in [0.1, 0.15) is 5.54 Å². The second-order valence-corrected chi connectivity index (χ2v) is 5.26. The van der Waals surface area contributed by atoms with Crippen LogP contribution in [0, 0.1) is 0 Å². The van der Waals surface area contributed by atoms with Gasteiger partial charge in [0.25, 0.3) is 5.91 Å². The third kappa shape index (κ3) is 2.33. The van der Waals surface area contributed by atoms with Gasteiger partial charge in [-0.3, -0.25) is 4.79 Å². The van der Waals surface area contributed by atoms with Gasteiger partial charge in [0.2, 0.25) is 0 Å². The lowest BCUT2D eigenvalue weighted by Gasteiger charge is -2.17. The zero-order valence-electron chi connectivity index (χ0n) is 10.5. The molecular formula is C12H10ClF3N2O2. The van der Waals surface area contributed by atoms with E-state index >= 15 is 0 Å². The quantitative estimate of drug-likeness (QED) is 0.810. The van der Waals surface area contributed by atoms with Crippen molar-refractivity contribution in [3.63, 3.8) is 0 Å². The van der Waals surface area contributed by atoms with E-state index < -0.39 is 34.2 Å². The summed E-state index contributed by atoms with van der Waals surface area (Å²) in [6.07, 6.45) is -4.66. The van der Waals surface area contributed by atoms with E-state index in [0.29, 0.717) is 11.0 Å². The van der Waals surface area contributed by atoms with E-state index in [2.05, 4.69) is 5.32 Å². The van der Waals surface area contributed by atoms with Crippen LogP contribution < -0.4 is 10.2 Å².